The predicted octanol–water partition coefficient (Wildman–Crippen LogP) is 3.98. The minimum absolute atomic E-state index is 0.693. The van der Waals surface area contributed by atoms with Crippen LogP contribution < -0.4 is 5.73 Å². The molecule has 2 nitrogen and oxygen atoms in total. The van der Waals surface area contributed by atoms with E-state index >= 15 is 0 Å². The minimum Gasteiger partial charge on any atom is -0.330 e. The van der Waals surface area contributed by atoms with Gasteiger partial charge in [-0.25, -0.2) is 4.98 Å². The van der Waals surface area contributed by atoms with Gasteiger partial charge in [-0.1, -0.05) is 22.9 Å². The maximum atomic E-state index is 5.56. The van der Waals surface area contributed by atoms with Crippen LogP contribution in [0.5, 0.6) is 0 Å². The summed E-state index contributed by atoms with van der Waals surface area (Å²) in [5.74, 6) is 0.693. The number of nitrogens with two attached hydrogens (primary N) is 1. The number of benzene rings is 1. The van der Waals surface area contributed by atoms with E-state index in [1.54, 1.807) is 11.3 Å². The van der Waals surface area contributed by atoms with Crippen LogP contribution in [-0.2, 0) is 6.42 Å². The average molecular weight is 313 g/mol. The van der Waals surface area contributed by atoms with Gasteiger partial charge in [-0.05, 0) is 49.9 Å². The van der Waals surface area contributed by atoms with Crippen LogP contribution >= 0.6 is 27.3 Å². The number of fused-ring (bicyclic) bond motifs is 1. The summed E-state index contributed by atoms with van der Waals surface area (Å²) in [7, 11) is 0. The molecule has 1 aromatic heterocycles. The molecule has 2 rings (SSSR count). The third-order valence-electron chi connectivity index (χ3n) is 2.90. The topological polar surface area (TPSA) is 38.9 Å². The van der Waals surface area contributed by atoms with Crippen molar-refractivity contribution in [1.29, 1.82) is 0 Å². The number of rotatable bonds is 5. The first kappa shape index (κ1) is 13.0. The van der Waals surface area contributed by atoms with Gasteiger partial charge in [0.15, 0.2) is 0 Å². The van der Waals surface area contributed by atoms with Crippen molar-refractivity contribution in [2.24, 2.45) is 11.7 Å². The van der Waals surface area contributed by atoms with Gasteiger partial charge in [0.05, 0.1) is 15.2 Å². The van der Waals surface area contributed by atoms with Crippen LogP contribution in [0.1, 0.15) is 24.8 Å². The van der Waals surface area contributed by atoms with E-state index in [0.717, 1.165) is 29.4 Å². The van der Waals surface area contributed by atoms with E-state index in [9.17, 15) is 0 Å². The molecule has 0 amide bonds. The molecule has 2 N–H and O–H groups in total. The Morgan fingerprint density at radius 2 is 2.24 bits per heavy atom. The Labute approximate surface area is 114 Å². The van der Waals surface area contributed by atoms with Gasteiger partial charge in [-0.15, -0.1) is 11.3 Å². The van der Waals surface area contributed by atoms with Crippen LogP contribution in [0.2, 0.25) is 0 Å². The number of hydrogen-bond acceptors (Lipinski definition) is 3. The van der Waals surface area contributed by atoms with Crippen molar-refractivity contribution in [2.75, 3.05) is 6.54 Å². The van der Waals surface area contributed by atoms with Crippen LogP contribution in [0.15, 0.2) is 22.7 Å². The zero-order valence-corrected chi connectivity index (χ0v) is 12.4. The van der Waals surface area contributed by atoms with Gasteiger partial charge in [0.25, 0.3) is 0 Å². The van der Waals surface area contributed by atoms with E-state index in [2.05, 4.69) is 46.0 Å². The summed E-state index contributed by atoms with van der Waals surface area (Å²) in [6.07, 6.45) is 3.35. The maximum Gasteiger partial charge on any atom is 0.0938 e. The van der Waals surface area contributed by atoms with Gasteiger partial charge in [0, 0.05) is 4.47 Å². The molecular weight excluding hydrogens is 296 g/mol. The zero-order chi connectivity index (χ0) is 12.3. The lowest BCUT2D eigenvalue weighted by molar-refractivity contribution is 0.499. The summed E-state index contributed by atoms with van der Waals surface area (Å²) in [6, 6.07) is 6.28. The second-order valence-electron chi connectivity index (χ2n) is 4.44. The molecule has 0 aliphatic rings. The van der Waals surface area contributed by atoms with Crippen LogP contribution in [0.3, 0.4) is 0 Å². The molecule has 1 aromatic carbocycles. The number of halogens is 1. The van der Waals surface area contributed by atoms with E-state index < -0.39 is 0 Å². The van der Waals surface area contributed by atoms with E-state index in [1.807, 2.05) is 0 Å². The van der Waals surface area contributed by atoms with Crippen molar-refractivity contribution < 1.29 is 0 Å². The Morgan fingerprint density at radius 3 is 3.00 bits per heavy atom. The van der Waals surface area contributed by atoms with Crippen LogP contribution in [0.4, 0.5) is 0 Å². The number of thiazole rings is 1. The van der Waals surface area contributed by atoms with Gasteiger partial charge in [0.2, 0.25) is 0 Å². The fraction of sp³-hybridized carbons (Fsp3) is 0.462. The van der Waals surface area contributed by atoms with Crippen molar-refractivity contribution in [3.8, 4) is 0 Å². The summed E-state index contributed by atoms with van der Waals surface area (Å²) in [5, 5.41) is 1.24. The van der Waals surface area contributed by atoms with Gasteiger partial charge >= 0.3 is 0 Å². The highest BCUT2D eigenvalue weighted by atomic mass is 79.9. The Hall–Kier alpha value is -0.450. The molecule has 0 aliphatic heterocycles. The lowest BCUT2D eigenvalue weighted by atomic mass is 10.0. The van der Waals surface area contributed by atoms with Gasteiger partial charge < -0.3 is 5.73 Å². The second kappa shape index (κ2) is 5.94. The highest BCUT2D eigenvalue weighted by molar-refractivity contribution is 9.10. The normalized spacial score (nSPS) is 13.1. The summed E-state index contributed by atoms with van der Waals surface area (Å²) in [4.78, 5) is 4.66. The standard InChI is InChI=1S/C13H17BrN2S/c1-9(6-7-15)2-5-13-16-11-8-10(14)3-4-12(11)17-13/h3-4,8-9H,2,5-7,15H2,1H3. The molecule has 0 aliphatic carbocycles. The maximum absolute atomic E-state index is 5.56. The molecule has 0 radical (unpaired) electrons. The fourth-order valence-electron chi connectivity index (χ4n) is 1.85. The molecular formula is C13H17BrN2S. The first-order valence-electron chi connectivity index (χ1n) is 5.94. The minimum atomic E-state index is 0.693. The first-order valence-corrected chi connectivity index (χ1v) is 7.55. The molecule has 17 heavy (non-hydrogen) atoms. The highest BCUT2D eigenvalue weighted by Gasteiger charge is 2.06. The van der Waals surface area contributed by atoms with E-state index in [1.165, 1.54) is 16.1 Å². The van der Waals surface area contributed by atoms with Crippen molar-refractivity contribution in [3.05, 3.63) is 27.7 Å². The summed E-state index contributed by atoms with van der Waals surface area (Å²) >= 11 is 5.28. The van der Waals surface area contributed by atoms with E-state index in [4.69, 9.17) is 5.73 Å². The number of hydrogen-bond donors (Lipinski definition) is 1. The Balaban J connectivity index is 2.04. The largest absolute Gasteiger partial charge is 0.330 e. The van der Waals surface area contributed by atoms with Crippen LogP contribution in [-0.4, -0.2) is 11.5 Å². The summed E-state index contributed by atoms with van der Waals surface area (Å²) in [5.41, 5.74) is 6.66. The van der Waals surface area contributed by atoms with E-state index in [0.29, 0.717) is 5.92 Å². The summed E-state index contributed by atoms with van der Waals surface area (Å²) in [6.45, 7) is 3.05. The van der Waals surface area contributed by atoms with Crippen LogP contribution in [0.25, 0.3) is 10.2 Å². The molecule has 0 saturated carbocycles. The molecule has 1 atom stereocenters. The van der Waals surface area contributed by atoms with Crippen molar-refractivity contribution in [1.82, 2.24) is 4.98 Å². The monoisotopic (exact) mass is 312 g/mol. The van der Waals surface area contributed by atoms with E-state index in [-0.39, 0.29) is 0 Å². The highest BCUT2D eigenvalue weighted by Crippen LogP contribution is 2.26. The van der Waals surface area contributed by atoms with Gasteiger partial charge in [0.1, 0.15) is 0 Å². The smallest absolute Gasteiger partial charge is 0.0938 e. The predicted molar refractivity (Wildman–Crippen MR) is 78.5 cm³/mol. The molecule has 0 bridgehead atoms. The molecule has 0 saturated heterocycles. The molecule has 0 spiro atoms. The zero-order valence-electron chi connectivity index (χ0n) is 9.95. The number of aromatic nitrogens is 1. The first-order chi connectivity index (χ1) is 8.19. The third-order valence-corrected chi connectivity index (χ3v) is 4.49. The summed E-state index contributed by atoms with van der Waals surface area (Å²) < 4.78 is 2.37. The van der Waals surface area contributed by atoms with Crippen molar-refractivity contribution >= 4 is 37.5 Å². The lowest BCUT2D eigenvalue weighted by Gasteiger charge is -2.07. The van der Waals surface area contributed by atoms with Crippen LogP contribution in [0, 0.1) is 5.92 Å². The Bertz CT molecular complexity index is 495. The molecule has 1 unspecified atom stereocenters. The molecule has 1 heterocycles. The molecule has 0 fully saturated rings. The lowest BCUT2D eigenvalue weighted by Crippen LogP contribution is -2.06. The van der Waals surface area contributed by atoms with Gasteiger partial charge in [-0.3, -0.25) is 0 Å². The molecule has 2 aromatic rings. The van der Waals surface area contributed by atoms with Gasteiger partial charge in [-0.2, -0.15) is 0 Å². The Kier molecular flexibility index (Phi) is 4.54. The van der Waals surface area contributed by atoms with Crippen molar-refractivity contribution in [3.63, 3.8) is 0 Å². The Morgan fingerprint density at radius 1 is 1.41 bits per heavy atom. The molecule has 92 valence electrons. The second-order valence-corrected chi connectivity index (χ2v) is 6.47. The molecule has 4 heteroatoms. The number of aryl methyl sites for hydroxylation is 1. The fourth-order valence-corrected chi connectivity index (χ4v) is 3.17. The number of nitrogens with zero attached hydrogens (tertiary/aromatic N) is 1. The van der Waals surface area contributed by atoms with Crippen molar-refractivity contribution in [2.45, 2.75) is 26.2 Å². The SMILES string of the molecule is CC(CCN)CCc1nc2cc(Br)ccc2s1. The quantitative estimate of drug-likeness (QED) is 0.907. The third kappa shape index (κ3) is 3.50. The average Bonchev–Trinajstić information content (AvgIpc) is 2.68.